The van der Waals surface area contributed by atoms with E-state index >= 15 is 0 Å². The molecule has 0 heterocycles. The van der Waals surface area contributed by atoms with E-state index in [1.807, 2.05) is 6.08 Å². The van der Waals surface area contributed by atoms with Crippen LogP contribution in [0.5, 0.6) is 0 Å². The third-order valence-corrected chi connectivity index (χ3v) is 1.26. The second-order valence-corrected chi connectivity index (χ2v) is 2.14. The van der Waals surface area contributed by atoms with E-state index in [0.717, 1.165) is 0 Å². The van der Waals surface area contributed by atoms with Crippen LogP contribution in [-0.4, -0.2) is 0 Å². The summed E-state index contributed by atoms with van der Waals surface area (Å²) in [6, 6.07) is 0. The van der Waals surface area contributed by atoms with E-state index in [4.69, 9.17) is 0 Å². The van der Waals surface area contributed by atoms with Crippen LogP contribution >= 0.6 is 0 Å². The van der Waals surface area contributed by atoms with E-state index in [9.17, 15) is 0 Å². The number of allylic oxidation sites excluding steroid dienone is 1. The molecule has 0 N–H and O–H groups in total. The average Bonchev–Trinajstić information content (AvgIpc) is 1.81. The van der Waals surface area contributed by atoms with Gasteiger partial charge in [0.2, 0.25) is 0 Å². The molecule has 0 rings (SSSR count). The van der Waals surface area contributed by atoms with Crippen molar-refractivity contribution in [3.05, 3.63) is 12.7 Å². The molecule has 0 aromatic heterocycles. The van der Waals surface area contributed by atoms with Gasteiger partial charge < -0.3 is 1.43 Å². The van der Waals surface area contributed by atoms with Crippen LogP contribution in [0.2, 0.25) is 0 Å². The Morgan fingerprint density at radius 1 is 1.33 bits per heavy atom. The largest absolute Gasteiger partial charge is 1.00 e. The monoisotopic (exact) mass is 136 g/mol. The van der Waals surface area contributed by atoms with E-state index in [1.165, 1.54) is 32.1 Å². The summed E-state index contributed by atoms with van der Waals surface area (Å²) in [7, 11) is 0. The van der Waals surface area contributed by atoms with Gasteiger partial charge in [0.25, 0.3) is 0 Å². The van der Waals surface area contributed by atoms with Crippen molar-refractivity contribution in [3.8, 4) is 0 Å². The van der Waals surface area contributed by atoms with Gasteiger partial charge in [-0.1, -0.05) is 32.3 Å². The molecule has 0 aliphatic rings. The third kappa shape index (κ3) is 12.1. The maximum Gasteiger partial charge on any atom is 1.00 e. The second-order valence-electron chi connectivity index (χ2n) is 2.14. The molecule has 0 unspecified atom stereocenters. The molecule has 0 nitrogen and oxygen atoms in total. The van der Waals surface area contributed by atoms with E-state index in [0.29, 0.717) is 0 Å². The zero-order chi connectivity index (χ0) is 6.24. The molecule has 0 radical (unpaired) electrons. The zero-order valence-corrected chi connectivity index (χ0v) is 8.82. The Balaban J connectivity index is -0.000000245. The summed E-state index contributed by atoms with van der Waals surface area (Å²) < 4.78 is 0. The Labute approximate surface area is 82.5 Å². The fourth-order valence-corrected chi connectivity index (χ4v) is 0.715. The molecule has 0 aromatic rings. The normalized spacial score (nSPS) is 8.11. The standard InChI is InChI=1S/C8H16.Na.H/c1-3-5-7-8-6-4-2;;/h3H,1,4-8H2,2H3;;/q;+1;-1. The molecule has 0 bridgehead atoms. The molecular formula is C8H17Na. The van der Waals surface area contributed by atoms with Gasteiger partial charge in [-0.05, 0) is 12.8 Å². The SMILES string of the molecule is C=CCCCCCC.[H-].[Na+]. The van der Waals surface area contributed by atoms with Crippen molar-refractivity contribution in [3.63, 3.8) is 0 Å². The van der Waals surface area contributed by atoms with E-state index in [1.54, 1.807) is 0 Å². The number of rotatable bonds is 5. The van der Waals surface area contributed by atoms with Gasteiger partial charge in [0, 0.05) is 0 Å². The van der Waals surface area contributed by atoms with Crippen molar-refractivity contribution in [2.75, 3.05) is 0 Å². The van der Waals surface area contributed by atoms with Crippen LogP contribution in [0.15, 0.2) is 12.7 Å². The first-order valence-corrected chi connectivity index (χ1v) is 3.52. The van der Waals surface area contributed by atoms with Crippen LogP contribution in [0.25, 0.3) is 0 Å². The summed E-state index contributed by atoms with van der Waals surface area (Å²) >= 11 is 0. The number of unbranched alkanes of at least 4 members (excludes halogenated alkanes) is 4. The molecule has 1 heteroatoms. The molecule has 0 spiro atoms. The minimum atomic E-state index is 0. The van der Waals surface area contributed by atoms with Crippen molar-refractivity contribution >= 4 is 0 Å². The fourth-order valence-electron chi connectivity index (χ4n) is 0.715. The minimum absolute atomic E-state index is 0. The van der Waals surface area contributed by atoms with Crippen LogP contribution in [-0.2, 0) is 0 Å². The van der Waals surface area contributed by atoms with Crippen LogP contribution in [0.4, 0.5) is 0 Å². The quantitative estimate of drug-likeness (QED) is 0.289. The third-order valence-electron chi connectivity index (χ3n) is 1.26. The van der Waals surface area contributed by atoms with E-state index in [2.05, 4.69) is 13.5 Å². The Bertz CT molecular complexity index is 55.2. The smallest absolute Gasteiger partial charge is 1.00 e. The topological polar surface area (TPSA) is 0 Å². The van der Waals surface area contributed by atoms with Gasteiger partial charge in [-0.3, -0.25) is 0 Å². The van der Waals surface area contributed by atoms with Gasteiger partial charge in [0.1, 0.15) is 0 Å². The molecule has 0 aromatic carbocycles. The van der Waals surface area contributed by atoms with Crippen LogP contribution in [0.3, 0.4) is 0 Å². The number of hydrogen-bond acceptors (Lipinski definition) is 0. The first kappa shape index (κ1) is 12.4. The Morgan fingerprint density at radius 2 is 2.00 bits per heavy atom. The van der Waals surface area contributed by atoms with Gasteiger partial charge in [-0.2, -0.15) is 0 Å². The molecule has 0 amide bonds. The molecule has 0 saturated carbocycles. The Morgan fingerprint density at radius 3 is 2.44 bits per heavy atom. The van der Waals surface area contributed by atoms with Crippen molar-refractivity contribution in [2.45, 2.75) is 39.0 Å². The summed E-state index contributed by atoms with van der Waals surface area (Å²) in [6.45, 7) is 5.89. The van der Waals surface area contributed by atoms with E-state index in [-0.39, 0.29) is 31.0 Å². The first-order chi connectivity index (χ1) is 3.91. The van der Waals surface area contributed by atoms with Crippen molar-refractivity contribution in [2.24, 2.45) is 0 Å². The fraction of sp³-hybridized carbons (Fsp3) is 0.750. The predicted molar refractivity (Wildman–Crippen MR) is 40.1 cm³/mol. The van der Waals surface area contributed by atoms with Crippen LogP contribution < -0.4 is 29.6 Å². The summed E-state index contributed by atoms with van der Waals surface area (Å²) in [5.41, 5.74) is 0. The Kier molecular flexibility index (Phi) is 15.9. The van der Waals surface area contributed by atoms with Crippen molar-refractivity contribution in [1.29, 1.82) is 0 Å². The molecule has 9 heavy (non-hydrogen) atoms. The molecule has 0 aliphatic carbocycles. The average molecular weight is 136 g/mol. The zero-order valence-electron chi connectivity index (χ0n) is 7.82. The molecule has 50 valence electrons. The van der Waals surface area contributed by atoms with Gasteiger partial charge in [0.05, 0.1) is 0 Å². The summed E-state index contributed by atoms with van der Waals surface area (Å²) in [5, 5.41) is 0. The first-order valence-electron chi connectivity index (χ1n) is 3.52. The maximum absolute atomic E-state index is 3.66. The maximum atomic E-state index is 3.66. The van der Waals surface area contributed by atoms with Crippen molar-refractivity contribution in [1.82, 2.24) is 0 Å². The van der Waals surface area contributed by atoms with Gasteiger partial charge in [-0.25, -0.2) is 0 Å². The summed E-state index contributed by atoms with van der Waals surface area (Å²) in [6.07, 6.45) is 8.61. The van der Waals surface area contributed by atoms with Gasteiger partial charge in [0.15, 0.2) is 0 Å². The van der Waals surface area contributed by atoms with Gasteiger partial charge in [-0.15, -0.1) is 6.58 Å². The van der Waals surface area contributed by atoms with E-state index < -0.39 is 0 Å². The minimum Gasteiger partial charge on any atom is -1.00 e. The molecular weight excluding hydrogens is 119 g/mol. The number of hydrogen-bond donors (Lipinski definition) is 0. The van der Waals surface area contributed by atoms with Crippen LogP contribution in [0, 0.1) is 0 Å². The molecule has 0 saturated heterocycles. The molecule has 0 fully saturated rings. The Hall–Kier alpha value is 0.740. The van der Waals surface area contributed by atoms with Gasteiger partial charge >= 0.3 is 29.6 Å². The second kappa shape index (κ2) is 11.5. The predicted octanol–water partition coefficient (Wildman–Crippen LogP) is 0.259. The molecule has 0 atom stereocenters. The summed E-state index contributed by atoms with van der Waals surface area (Å²) in [4.78, 5) is 0. The summed E-state index contributed by atoms with van der Waals surface area (Å²) in [5.74, 6) is 0. The molecule has 0 aliphatic heterocycles. The van der Waals surface area contributed by atoms with Crippen LogP contribution in [0.1, 0.15) is 40.5 Å². The van der Waals surface area contributed by atoms with Crippen molar-refractivity contribution < 1.29 is 31.0 Å².